The van der Waals surface area contributed by atoms with Crippen LogP contribution in [0.25, 0.3) is 10.8 Å². The molecule has 0 radical (unpaired) electrons. The first kappa shape index (κ1) is 14.3. The molecule has 106 valence electrons. The lowest BCUT2D eigenvalue weighted by molar-refractivity contribution is -0.121. The lowest BCUT2D eigenvalue weighted by Gasteiger charge is -2.16. The van der Waals surface area contributed by atoms with Crippen molar-refractivity contribution in [1.29, 1.82) is 0 Å². The fraction of sp³-hybridized carbons (Fsp3) is 0.312. The highest BCUT2D eigenvalue weighted by atomic mass is 16.5. The summed E-state index contributed by atoms with van der Waals surface area (Å²) < 4.78 is 5.84. The lowest BCUT2D eigenvalue weighted by atomic mass is 10.0. The van der Waals surface area contributed by atoms with Gasteiger partial charge in [-0.15, -0.1) is 0 Å². The van der Waals surface area contributed by atoms with Crippen molar-refractivity contribution in [1.82, 2.24) is 5.32 Å². The summed E-state index contributed by atoms with van der Waals surface area (Å²) in [6.07, 6.45) is 0.331. The predicted molar refractivity (Wildman–Crippen MR) is 80.7 cm³/mol. The van der Waals surface area contributed by atoms with E-state index in [1.54, 1.807) is 7.05 Å². The highest BCUT2D eigenvalue weighted by molar-refractivity contribution is 5.89. The molecule has 4 heteroatoms. The fourth-order valence-electron chi connectivity index (χ4n) is 2.15. The molecule has 1 amide bonds. The molecular weight excluding hydrogens is 252 g/mol. The summed E-state index contributed by atoms with van der Waals surface area (Å²) in [5.41, 5.74) is 6.96. The van der Waals surface area contributed by atoms with E-state index in [2.05, 4.69) is 5.32 Å². The van der Waals surface area contributed by atoms with E-state index in [9.17, 15) is 4.79 Å². The lowest BCUT2D eigenvalue weighted by Crippen LogP contribution is -2.20. The highest BCUT2D eigenvalue weighted by Crippen LogP contribution is 2.32. The molecule has 0 unspecified atom stereocenters. The van der Waals surface area contributed by atoms with Gasteiger partial charge in [-0.3, -0.25) is 4.79 Å². The van der Waals surface area contributed by atoms with E-state index in [1.807, 2.05) is 43.3 Å². The van der Waals surface area contributed by atoms with Crippen molar-refractivity contribution < 1.29 is 9.53 Å². The topological polar surface area (TPSA) is 64.3 Å². The molecule has 2 aromatic carbocycles. The minimum atomic E-state index is -0.116. The molecule has 0 spiro atoms. The van der Waals surface area contributed by atoms with Crippen LogP contribution in [0.15, 0.2) is 36.4 Å². The molecular formula is C16H20N2O2. The Morgan fingerprint density at radius 3 is 2.75 bits per heavy atom. The fourth-order valence-corrected chi connectivity index (χ4v) is 2.15. The molecule has 0 aliphatic carbocycles. The maximum atomic E-state index is 11.3. The Morgan fingerprint density at radius 2 is 2.05 bits per heavy atom. The smallest absolute Gasteiger partial charge is 0.223 e. The number of hydrogen-bond acceptors (Lipinski definition) is 3. The van der Waals surface area contributed by atoms with Crippen molar-refractivity contribution in [3.05, 3.63) is 42.0 Å². The van der Waals surface area contributed by atoms with Crippen LogP contribution in [0.1, 0.15) is 24.9 Å². The number of fused-ring (bicyclic) bond motifs is 1. The van der Waals surface area contributed by atoms with Crippen molar-refractivity contribution in [3.63, 3.8) is 0 Å². The minimum absolute atomic E-state index is 0.0346. The minimum Gasteiger partial charge on any atom is -0.492 e. The van der Waals surface area contributed by atoms with Gasteiger partial charge in [-0.05, 0) is 12.3 Å². The molecule has 0 fully saturated rings. The first-order valence-corrected chi connectivity index (χ1v) is 6.74. The van der Waals surface area contributed by atoms with Crippen LogP contribution in [0.5, 0.6) is 5.75 Å². The zero-order chi connectivity index (χ0) is 14.5. The Labute approximate surface area is 118 Å². The third-order valence-electron chi connectivity index (χ3n) is 3.25. The van der Waals surface area contributed by atoms with E-state index in [4.69, 9.17) is 10.5 Å². The summed E-state index contributed by atoms with van der Waals surface area (Å²) in [6, 6.07) is 11.9. The number of rotatable bonds is 5. The molecule has 3 N–H and O–H groups in total. The van der Waals surface area contributed by atoms with E-state index < -0.39 is 0 Å². The van der Waals surface area contributed by atoms with Gasteiger partial charge in [0.05, 0.1) is 13.0 Å². The third-order valence-corrected chi connectivity index (χ3v) is 3.25. The van der Waals surface area contributed by atoms with Crippen molar-refractivity contribution in [3.8, 4) is 5.75 Å². The number of amides is 1. The van der Waals surface area contributed by atoms with Gasteiger partial charge in [0, 0.05) is 24.0 Å². The Bertz CT molecular complexity index is 608. The summed E-state index contributed by atoms with van der Waals surface area (Å²) in [4.78, 5) is 11.3. The van der Waals surface area contributed by atoms with Crippen molar-refractivity contribution in [2.75, 3.05) is 13.7 Å². The number of carbonyl (C=O) groups is 1. The molecule has 0 heterocycles. The van der Waals surface area contributed by atoms with Crippen LogP contribution < -0.4 is 15.8 Å². The molecule has 20 heavy (non-hydrogen) atoms. The van der Waals surface area contributed by atoms with Gasteiger partial charge in [0.25, 0.3) is 0 Å². The van der Waals surface area contributed by atoms with Gasteiger partial charge >= 0.3 is 0 Å². The van der Waals surface area contributed by atoms with E-state index in [0.29, 0.717) is 13.0 Å². The van der Waals surface area contributed by atoms with Crippen LogP contribution >= 0.6 is 0 Å². The van der Waals surface area contributed by atoms with Crippen molar-refractivity contribution in [2.24, 2.45) is 5.73 Å². The number of nitrogens with two attached hydrogens (primary N) is 1. The SMILES string of the molecule is CNC(=O)CCOc1c([C@H](C)N)ccc2ccccc12. The zero-order valence-corrected chi connectivity index (χ0v) is 11.8. The number of hydrogen-bond donors (Lipinski definition) is 2. The Morgan fingerprint density at radius 1 is 1.30 bits per heavy atom. The average Bonchev–Trinajstić information content (AvgIpc) is 2.46. The van der Waals surface area contributed by atoms with Gasteiger partial charge < -0.3 is 15.8 Å². The largest absolute Gasteiger partial charge is 0.492 e. The Balaban J connectivity index is 2.32. The average molecular weight is 272 g/mol. The standard InChI is InChI=1S/C16H20N2O2/c1-11(17)13-8-7-12-5-3-4-6-14(12)16(13)20-10-9-15(19)18-2/h3-8,11H,9-10,17H2,1-2H3,(H,18,19)/t11-/m0/s1. The number of nitrogens with one attached hydrogen (secondary N) is 1. The van der Waals surface area contributed by atoms with Gasteiger partial charge in [0.15, 0.2) is 0 Å². The van der Waals surface area contributed by atoms with Gasteiger partial charge in [-0.2, -0.15) is 0 Å². The summed E-state index contributed by atoms with van der Waals surface area (Å²) in [5.74, 6) is 0.745. The van der Waals surface area contributed by atoms with Gasteiger partial charge in [0.1, 0.15) is 5.75 Å². The molecule has 2 aromatic rings. The van der Waals surface area contributed by atoms with Crippen LogP contribution in [-0.2, 0) is 4.79 Å². The van der Waals surface area contributed by atoms with E-state index in [1.165, 1.54) is 0 Å². The predicted octanol–water partition coefficient (Wildman–Crippen LogP) is 2.37. The molecule has 0 aliphatic heterocycles. The molecule has 2 rings (SSSR count). The third kappa shape index (κ3) is 3.08. The highest BCUT2D eigenvalue weighted by Gasteiger charge is 2.12. The summed E-state index contributed by atoms with van der Waals surface area (Å²) in [5, 5.41) is 4.71. The number of ether oxygens (including phenoxy) is 1. The Kier molecular flexibility index (Phi) is 4.58. The summed E-state index contributed by atoms with van der Waals surface area (Å²) >= 11 is 0. The van der Waals surface area contributed by atoms with Crippen LogP contribution in [0.4, 0.5) is 0 Å². The molecule has 1 atom stereocenters. The maximum Gasteiger partial charge on any atom is 0.223 e. The van der Waals surface area contributed by atoms with Crippen LogP contribution in [0.2, 0.25) is 0 Å². The van der Waals surface area contributed by atoms with E-state index >= 15 is 0 Å². The molecule has 0 aliphatic rings. The number of carbonyl (C=O) groups excluding carboxylic acids is 1. The quantitative estimate of drug-likeness (QED) is 0.878. The normalized spacial score (nSPS) is 12.2. The van der Waals surface area contributed by atoms with E-state index in [-0.39, 0.29) is 11.9 Å². The summed E-state index contributed by atoms with van der Waals surface area (Å²) in [6.45, 7) is 2.27. The zero-order valence-electron chi connectivity index (χ0n) is 11.8. The first-order chi connectivity index (χ1) is 9.63. The van der Waals surface area contributed by atoms with Crippen molar-refractivity contribution >= 4 is 16.7 Å². The van der Waals surface area contributed by atoms with Gasteiger partial charge in [0.2, 0.25) is 5.91 Å². The van der Waals surface area contributed by atoms with Gasteiger partial charge in [-0.25, -0.2) is 0 Å². The molecule has 0 bridgehead atoms. The van der Waals surface area contributed by atoms with Crippen LogP contribution in [0, 0.1) is 0 Å². The molecule has 0 saturated heterocycles. The number of benzene rings is 2. The molecule has 4 nitrogen and oxygen atoms in total. The monoisotopic (exact) mass is 272 g/mol. The maximum absolute atomic E-state index is 11.3. The summed E-state index contributed by atoms with van der Waals surface area (Å²) in [7, 11) is 1.62. The second-order valence-electron chi connectivity index (χ2n) is 4.77. The Hall–Kier alpha value is -2.07. The van der Waals surface area contributed by atoms with Crippen LogP contribution in [-0.4, -0.2) is 19.6 Å². The van der Waals surface area contributed by atoms with Crippen LogP contribution in [0.3, 0.4) is 0 Å². The van der Waals surface area contributed by atoms with Crippen molar-refractivity contribution in [2.45, 2.75) is 19.4 Å². The molecule has 0 saturated carbocycles. The van der Waals surface area contributed by atoms with Gasteiger partial charge in [-0.1, -0.05) is 36.4 Å². The molecule has 0 aromatic heterocycles. The van der Waals surface area contributed by atoms with E-state index in [0.717, 1.165) is 22.1 Å². The first-order valence-electron chi connectivity index (χ1n) is 6.74. The second-order valence-corrected chi connectivity index (χ2v) is 4.77. The second kappa shape index (κ2) is 6.39.